The molecule has 114 valence electrons. The molecule has 0 fully saturated rings. The number of hydrogen-bond donors (Lipinski definition) is 1. The van der Waals surface area contributed by atoms with Gasteiger partial charge in [-0.1, -0.05) is 24.3 Å². The van der Waals surface area contributed by atoms with Crippen LogP contribution < -0.4 is 5.73 Å². The van der Waals surface area contributed by atoms with Crippen LogP contribution in [0.5, 0.6) is 0 Å². The van der Waals surface area contributed by atoms with Crippen molar-refractivity contribution < 1.29 is 4.74 Å². The second-order valence-corrected chi connectivity index (χ2v) is 5.37. The van der Waals surface area contributed by atoms with Gasteiger partial charge in [-0.3, -0.25) is 9.58 Å². The molecular formula is C16H24N4O. The molecule has 0 aliphatic rings. The summed E-state index contributed by atoms with van der Waals surface area (Å²) in [5, 5.41) is 4.21. The Morgan fingerprint density at radius 1 is 1.38 bits per heavy atom. The van der Waals surface area contributed by atoms with Crippen LogP contribution in [0, 0.1) is 0 Å². The van der Waals surface area contributed by atoms with Crippen molar-refractivity contribution in [1.29, 1.82) is 0 Å². The Balaban J connectivity index is 2.12. The zero-order chi connectivity index (χ0) is 15.2. The number of aromatic nitrogens is 2. The molecule has 0 aliphatic heterocycles. The SMILES string of the molecule is COCc1cccc(C(CN)N(C)Cc2cnn(C)c2)c1. The Bertz CT molecular complexity index is 567. The second-order valence-electron chi connectivity index (χ2n) is 5.37. The lowest BCUT2D eigenvalue weighted by atomic mass is 10.0. The van der Waals surface area contributed by atoms with Crippen molar-refractivity contribution in [2.75, 3.05) is 20.7 Å². The van der Waals surface area contributed by atoms with E-state index in [1.165, 1.54) is 16.7 Å². The van der Waals surface area contributed by atoms with Gasteiger partial charge in [-0.25, -0.2) is 0 Å². The fourth-order valence-electron chi connectivity index (χ4n) is 2.58. The second kappa shape index (κ2) is 7.36. The molecule has 21 heavy (non-hydrogen) atoms. The van der Waals surface area contributed by atoms with E-state index in [9.17, 15) is 0 Å². The molecule has 1 aromatic carbocycles. The first-order chi connectivity index (χ1) is 10.1. The molecule has 0 aliphatic carbocycles. The minimum atomic E-state index is 0.182. The lowest BCUT2D eigenvalue weighted by Crippen LogP contribution is -2.30. The molecule has 2 N–H and O–H groups in total. The fourth-order valence-corrected chi connectivity index (χ4v) is 2.58. The highest BCUT2D eigenvalue weighted by molar-refractivity contribution is 5.26. The number of hydrogen-bond acceptors (Lipinski definition) is 4. The van der Waals surface area contributed by atoms with Crippen molar-refractivity contribution in [1.82, 2.24) is 14.7 Å². The maximum atomic E-state index is 5.99. The molecule has 1 aromatic heterocycles. The standard InChI is InChI=1S/C16H24N4O/c1-19(10-14-9-18-20(2)11-14)16(8-17)15-6-4-5-13(7-15)12-21-3/h4-7,9,11,16H,8,10,12,17H2,1-3H3. The summed E-state index contributed by atoms with van der Waals surface area (Å²) < 4.78 is 7.02. The predicted octanol–water partition coefficient (Wildman–Crippen LogP) is 1.70. The molecule has 5 nitrogen and oxygen atoms in total. The number of aryl methyl sites for hydroxylation is 1. The first-order valence-corrected chi connectivity index (χ1v) is 7.09. The molecule has 2 rings (SSSR count). The molecule has 5 heteroatoms. The largest absolute Gasteiger partial charge is 0.380 e. The molecule has 0 saturated heterocycles. The normalized spacial score (nSPS) is 12.8. The van der Waals surface area contributed by atoms with Gasteiger partial charge in [-0.15, -0.1) is 0 Å². The number of ether oxygens (including phenoxy) is 1. The Morgan fingerprint density at radius 2 is 2.19 bits per heavy atom. The van der Waals surface area contributed by atoms with Gasteiger partial charge in [-0.05, 0) is 18.2 Å². The zero-order valence-electron chi connectivity index (χ0n) is 13.0. The third kappa shape index (κ3) is 4.14. The van der Waals surface area contributed by atoms with Gasteiger partial charge in [0.1, 0.15) is 0 Å². The van der Waals surface area contributed by atoms with Gasteiger partial charge in [0.25, 0.3) is 0 Å². The Labute approximate surface area is 126 Å². The van der Waals surface area contributed by atoms with Gasteiger partial charge in [0, 0.05) is 45.0 Å². The Hall–Kier alpha value is -1.69. The molecule has 1 unspecified atom stereocenters. The Morgan fingerprint density at radius 3 is 2.81 bits per heavy atom. The van der Waals surface area contributed by atoms with E-state index in [0.717, 1.165) is 6.54 Å². The molecule has 0 amide bonds. The van der Waals surface area contributed by atoms with Crippen molar-refractivity contribution in [3.63, 3.8) is 0 Å². The average Bonchev–Trinajstić information content (AvgIpc) is 2.86. The van der Waals surface area contributed by atoms with Gasteiger partial charge >= 0.3 is 0 Å². The number of likely N-dealkylation sites (N-methyl/N-ethyl adjacent to an activating group) is 1. The van der Waals surface area contributed by atoms with E-state index in [1.807, 2.05) is 24.1 Å². The molecule has 0 saturated carbocycles. The van der Waals surface area contributed by atoms with E-state index in [0.29, 0.717) is 13.2 Å². The van der Waals surface area contributed by atoms with Crippen LogP contribution in [0.25, 0.3) is 0 Å². The number of nitrogens with two attached hydrogens (primary N) is 1. The van der Waals surface area contributed by atoms with Gasteiger partial charge in [-0.2, -0.15) is 5.10 Å². The van der Waals surface area contributed by atoms with Gasteiger partial charge in [0.05, 0.1) is 12.8 Å². The summed E-state index contributed by atoms with van der Waals surface area (Å²) in [6.07, 6.45) is 3.93. The predicted molar refractivity (Wildman–Crippen MR) is 83.6 cm³/mol. The van der Waals surface area contributed by atoms with Gasteiger partial charge in [0.2, 0.25) is 0 Å². The Kier molecular flexibility index (Phi) is 5.50. The number of benzene rings is 1. The summed E-state index contributed by atoms with van der Waals surface area (Å²) in [5.41, 5.74) is 9.57. The summed E-state index contributed by atoms with van der Waals surface area (Å²) in [5.74, 6) is 0. The summed E-state index contributed by atoms with van der Waals surface area (Å²) in [4.78, 5) is 2.25. The molecule has 0 spiro atoms. The van der Waals surface area contributed by atoms with Crippen molar-refractivity contribution in [2.45, 2.75) is 19.2 Å². The van der Waals surface area contributed by atoms with Crippen molar-refractivity contribution >= 4 is 0 Å². The summed E-state index contributed by atoms with van der Waals surface area (Å²) in [7, 11) is 5.73. The van der Waals surface area contributed by atoms with Gasteiger partial charge in [0.15, 0.2) is 0 Å². The lowest BCUT2D eigenvalue weighted by molar-refractivity contribution is 0.184. The number of methoxy groups -OCH3 is 1. The summed E-state index contributed by atoms with van der Waals surface area (Å²) in [6, 6.07) is 8.60. The average molecular weight is 288 g/mol. The van der Waals surface area contributed by atoms with Crippen LogP contribution in [-0.2, 0) is 24.9 Å². The molecule has 0 bridgehead atoms. The van der Waals surface area contributed by atoms with Crippen LogP contribution in [0.1, 0.15) is 22.7 Å². The molecule has 1 atom stereocenters. The van der Waals surface area contributed by atoms with E-state index < -0.39 is 0 Å². The third-order valence-electron chi connectivity index (χ3n) is 3.59. The fraction of sp³-hybridized carbons (Fsp3) is 0.438. The lowest BCUT2D eigenvalue weighted by Gasteiger charge is -2.27. The van der Waals surface area contributed by atoms with Crippen molar-refractivity contribution in [2.24, 2.45) is 12.8 Å². The van der Waals surface area contributed by atoms with E-state index in [4.69, 9.17) is 10.5 Å². The number of rotatable bonds is 7. The topological polar surface area (TPSA) is 56.3 Å². The van der Waals surface area contributed by atoms with E-state index in [-0.39, 0.29) is 6.04 Å². The zero-order valence-corrected chi connectivity index (χ0v) is 13.0. The van der Waals surface area contributed by atoms with E-state index in [1.54, 1.807) is 7.11 Å². The smallest absolute Gasteiger partial charge is 0.0713 e. The molecular weight excluding hydrogens is 264 g/mol. The maximum Gasteiger partial charge on any atom is 0.0713 e. The van der Waals surface area contributed by atoms with Crippen LogP contribution in [0.4, 0.5) is 0 Å². The van der Waals surface area contributed by atoms with Crippen LogP contribution in [0.2, 0.25) is 0 Å². The first-order valence-electron chi connectivity index (χ1n) is 7.09. The number of nitrogens with zero attached hydrogens (tertiary/aromatic N) is 3. The third-order valence-corrected chi connectivity index (χ3v) is 3.59. The highest BCUT2D eigenvalue weighted by Gasteiger charge is 2.16. The van der Waals surface area contributed by atoms with Crippen LogP contribution in [0.15, 0.2) is 36.7 Å². The molecule has 0 radical (unpaired) electrons. The van der Waals surface area contributed by atoms with E-state index in [2.05, 4.69) is 41.3 Å². The van der Waals surface area contributed by atoms with E-state index >= 15 is 0 Å². The van der Waals surface area contributed by atoms with Crippen molar-refractivity contribution in [3.8, 4) is 0 Å². The molecule has 1 heterocycles. The summed E-state index contributed by atoms with van der Waals surface area (Å²) >= 11 is 0. The van der Waals surface area contributed by atoms with Gasteiger partial charge < -0.3 is 10.5 Å². The summed E-state index contributed by atoms with van der Waals surface area (Å²) in [6.45, 7) is 2.02. The van der Waals surface area contributed by atoms with Crippen molar-refractivity contribution in [3.05, 3.63) is 53.3 Å². The minimum Gasteiger partial charge on any atom is -0.380 e. The van der Waals surface area contributed by atoms with Crippen LogP contribution >= 0.6 is 0 Å². The van der Waals surface area contributed by atoms with Crippen LogP contribution in [0.3, 0.4) is 0 Å². The minimum absolute atomic E-state index is 0.182. The first kappa shape index (κ1) is 15.7. The molecule has 2 aromatic rings. The maximum absolute atomic E-state index is 5.99. The highest BCUT2D eigenvalue weighted by atomic mass is 16.5. The van der Waals surface area contributed by atoms with Crippen LogP contribution in [-0.4, -0.2) is 35.4 Å². The quantitative estimate of drug-likeness (QED) is 0.842. The monoisotopic (exact) mass is 288 g/mol. The highest BCUT2D eigenvalue weighted by Crippen LogP contribution is 2.21.